The van der Waals surface area contributed by atoms with Crippen molar-refractivity contribution in [3.8, 4) is 0 Å². The van der Waals surface area contributed by atoms with Gasteiger partial charge >= 0.3 is 0 Å². The second-order valence-electron chi connectivity index (χ2n) is 5.00. The summed E-state index contributed by atoms with van der Waals surface area (Å²) in [7, 11) is 0. The lowest BCUT2D eigenvalue weighted by atomic mass is 10.2. The van der Waals surface area contributed by atoms with E-state index >= 15 is 0 Å². The van der Waals surface area contributed by atoms with Crippen molar-refractivity contribution in [2.75, 3.05) is 11.1 Å². The average Bonchev–Trinajstić information content (AvgIpc) is 2.45. The van der Waals surface area contributed by atoms with Gasteiger partial charge in [-0.1, -0.05) is 37.2 Å². The van der Waals surface area contributed by atoms with Crippen LogP contribution >= 0.6 is 11.8 Å². The summed E-state index contributed by atoms with van der Waals surface area (Å²) in [4.78, 5) is 30.5. The van der Waals surface area contributed by atoms with Crippen molar-refractivity contribution in [2.24, 2.45) is 0 Å². The summed E-state index contributed by atoms with van der Waals surface area (Å²) < 4.78 is 0. The lowest BCUT2D eigenvalue weighted by Gasteiger charge is -2.06. The molecular formula is C16H19N3O2S. The van der Waals surface area contributed by atoms with Gasteiger partial charge in [0.2, 0.25) is 5.91 Å². The molecule has 0 fully saturated rings. The van der Waals surface area contributed by atoms with E-state index in [4.69, 9.17) is 0 Å². The molecule has 2 N–H and O–H groups in total. The normalized spacial score (nSPS) is 10.5. The fourth-order valence-corrected chi connectivity index (χ4v) is 2.68. The van der Waals surface area contributed by atoms with Crippen LogP contribution in [0.4, 0.5) is 5.69 Å². The third kappa shape index (κ3) is 5.04. The van der Waals surface area contributed by atoms with E-state index in [9.17, 15) is 9.59 Å². The van der Waals surface area contributed by atoms with Crippen LogP contribution in [-0.2, 0) is 11.2 Å². The number of thioether (sulfide) groups is 1. The van der Waals surface area contributed by atoms with E-state index in [0.29, 0.717) is 5.16 Å². The van der Waals surface area contributed by atoms with Crippen LogP contribution in [0.2, 0.25) is 0 Å². The molecule has 0 atom stereocenters. The van der Waals surface area contributed by atoms with Crippen LogP contribution in [0.5, 0.6) is 0 Å². The zero-order chi connectivity index (χ0) is 15.9. The van der Waals surface area contributed by atoms with Gasteiger partial charge in [-0.25, -0.2) is 4.98 Å². The number of carbonyl (C=O) groups excluding carboxylic acids is 1. The molecule has 0 spiro atoms. The van der Waals surface area contributed by atoms with E-state index < -0.39 is 0 Å². The number of benzene rings is 1. The zero-order valence-corrected chi connectivity index (χ0v) is 13.5. The third-order valence-electron chi connectivity index (χ3n) is 2.92. The predicted octanol–water partition coefficient (Wildman–Crippen LogP) is 2.76. The molecule has 0 aliphatic heterocycles. The van der Waals surface area contributed by atoms with E-state index in [1.807, 2.05) is 38.1 Å². The van der Waals surface area contributed by atoms with Crippen molar-refractivity contribution in [3.63, 3.8) is 0 Å². The highest BCUT2D eigenvalue weighted by atomic mass is 32.2. The largest absolute Gasteiger partial charge is 0.325 e. The number of anilines is 1. The Morgan fingerprint density at radius 2 is 2.18 bits per heavy atom. The molecule has 1 aromatic carbocycles. The fraction of sp³-hybridized carbons (Fsp3) is 0.312. The van der Waals surface area contributed by atoms with Gasteiger partial charge in [0.25, 0.3) is 5.56 Å². The minimum Gasteiger partial charge on any atom is -0.325 e. The van der Waals surface area contributed by atoms with Crippen molar-refractivity contribution >= 4 is 23.4 Å². The van der Waals surface area contributed by atoms with E-state index in [1.54, 1.807) is 0 Å². The number of aromatic nitrogens is 2. The molecule has 0 radical (unpaired) electrons. The van der Waals surface area contributed by atoms with Crippen LogP contribution in [0, 0.1) is 6.92 Å². The number of rotatable bonds is 6. The molecule has 0 saturated heterocycles. The standard InChI is InChI=1S/C16H19N3O2S/c1-3-5-12-9-14(20)19-16(18-12)22-10-15(21)17-13-7-4-6-11(2)8-13/h4,6-9H,3,5,10H2,1-2H3,(H,17,21)(H,18,19,20). The Kier molecular flexibility index (Phi) is 5.77. The van der Waals surface area contributed by atoms with Crippen LogP contribution in [0.3, 0.4) is 0 Å². The maximum atomic E-state index is 11.9. The van der Waals surface area contributed by atoms with E-state index in [-0.39, 0.29) is 17.2 Å². The van der Waals surface area contributed by atoms with Crippen LogP contribution in [0.25, 0.3) is 0 Å². The Morgan fingerprint density at radius 3 is 2.91 bits per heavy atom. The number of aryl methyl sites for hydroxylation is 2. The first-order valence-corrected chi connectivity index (χ1v) is 8.15. The van der Waals surface area contributed by atoms with Crippen molar-refractivity contribution in [3.05, 3.63) is 51.9 Å². The quantitative estimate of drug-likeness (QED) is 0.634. The zero-order valence-electron chi connectivity index (χ0n) is 12.7. The SMILES string of the molecule is CCCc1cc(=O)[nH]c(SCC(=O)Nc2cccc(C)c2)n1. The smallest absolute Gasteiger partial charge is 0.251 e. The van der Waals surface area contributed by atoms with Gasteiger partial charge in [0.1, 0.15) is 0 Å². The Labute approximate surface area is 133 Å². The van der Waals surface area contributed by atoms with Gasteiger partial charge in [-0.2, -0.15) is 0 Å². The summed E-state index contributed by atoms with van der Waals surface area (Å²) in [6.45, 7) is 4.00. The Balaban J connectivity index is 1.95. The molecule has 1 heterocycles. The van der Waals surface area contributed by atoms with Crippen molar-refractivity contribution < 1.29 is 4.79 Å². The molecule has 0 aliphatic rings. The molecule has 0 saturated carbocycles. The summed E-state index contributed by atoms with van der Waals surface area (Å²) in [6.07, 6.45) is 1.68. The fourth-order valence-electron chi connectivity index (χ4n) is 1.99. The van der Waals surface area contributed by atoms with Crippen LogP contribution in [-0.4, -0.2) is 21.6 Å². The minimum absolute atomic E-state index is 0.126. The molecular weight excluding hydrogens is 298 g/mol. The summed E-state index contributed by atoms with van der Waals surface area (Å²) in [5, 5.41) is 3.31. The maximum Gasteiger partial charge on any atom is 0.251 e. The molecule has 2 rings (SSSR count). The van der Waals surface area contributed by atoms with Gasteiger partial charge in [-0.15, -0.1) is 0 Å². The molecule has 0 unspecified atom stereocenters. The second-order valence-corrected chi connectivity index (χ2v) is 5.96. The van der Waals surface area contributed by atoms with Gasteiger partial charge in [0, 0.05) is 17.4 Å². The van der Waals surface area contributed by atoms with Crippen LogP contribution < -0.4 is 10.9 Å². The monoisotopic (exact) mass is 317 g/mol. The molecule has 116 valence electrons. The molecule has 5 nitrogen and oxygen atoms in total. The first-order chi connectivity index (χ1) is 10.6. The van der Waals surface area contributed by atoms with Gasteiger partial charge in [0.15, 0.2) is 5.16 Å². The molecule has 6 heteroatoms. The number of H-pyrrole nitrogens is 1. The molecule has 1 amide bonds. The summed E-state index contributed by atoms with van der Waals surface area (Å²) in [5.74, 6) is 0.0751. The summed E-state index contributed by atoms with van der Waals surface area (Å²) >= 11 is 1.23. The van der Waals surface area contributed by atoms with Gasteiger partial charge < -0.3 is 10.3 Å². The van der Waals surface area contributed by atoms with Gasteiger partial charge in [0.05, 0.1) is 5.75 Å². The van der Waals surface area contributed by atoms with Gasteiger partial charge in [-0.3, -0.25) is 9.59 Å². The van der Waals surface area contributed by atoms with Crippen LogP contribution in [0.1, 0.15) is 24.6 Å². The van der Waals surface area contributed by atoms with Gasteiger partial charge in [-0.05, 0) is 31.0 Å². The highest BCUT2D eigenvalue weighted by Gasteiger charge is 2.07. The van der Waals surface area contributed by atoms with Crippen molar-refractivity contribution in [1.82, 2.24) is 9.97 Å². The van der Waals surface area contributed by atoms with Crippen molar-refractivity contribution in [1.29, 1.82) is 0 Å². The van der Waals surface area contributed by atoms with E-state index in [0.717, 1.165) is 29.8 Å². The Morgan fingerprint density at radius 1 is 1.36 bits per heavy atom. The first kappa shape index (κ1) is 16.3. The summed E-state index contributed by atoms with van der Waals surface area (Å²) in [6, 6.07) is 9.12. The number of nitrogens with one attached hydrogen (secondary N) is 2. The third-order valence-corrected chi connectivity index (χ3v) is 3.79. The number of hydrogen-bond acceptors (Lipinski definition) is 4. The summed E-state index contributed by atoms with van der Waals surface area (Å²) in [5.41, 5.74) is 2.43. The van der Waals surface area contributed by atoms with E-state index in [1.165, 1.54) is 17.8 Å². The van der Waals surface area contributed by atoms with Crippen LogP contribution in [0.15, 0.2) is 40.3 Å². The van der Waals surface area contributed by atoms with E-state index in [2.05, 4.69) is 15.3 Å². The lowest BCUT2D eigenvalue weighted by Crippen LogP contribution is -2.16. The maximum absolute atomic E-state index is 11.9. The number of amides is 1. The molecule has 0 aliphatic carbocycles. The Hall–Kier alpha value is -2.08. The lowest BCUT2D eigenvalue weighted by molar-refractivity contribution is -0.113. The minimum atomic E-state index is -0.181. The topological polar surface area (TPSA) is 74.8 Å². The number of aromatic amines is 1. The average molecular weight is 317 g/mol. The number of nitrogens with zero attached hydrogens (tertiary/aromatic N) is 1. The number of carbonyl (C=O) groups is 1. The molecule has 22 heavy (non-hydrogen) atoms. The number of hydrogen-bond donors (Lipinski definition) is 2. The molecule has 0 bridgehead atoms. The highest BCUT2D eigenvalue weighted by Crippen LogP contribution is 2.14. The molecule has 1 aromatic heterocycles. The Bertz CT molecular complexity index is 713. The van der Waals surface area contributed by atoms with Crippen molar-refractivity contribution in [2.45, 2.75) is 31.8 Å². The highest BCUT2D eigenvalue weighted by molar-refractivity contribution is 7.99. The predicted molar refractivity (Wildman–Crippen MR) is 89.4 cm³/mol. The first-order valence-electron chi connectivity index (χ1n) is 7.16. The second kappa shape index (κ2) is 7.79. The molecule has 2 aromatic rings.